The molecule has 0 spiro atoms. The van der Waals surface area contributed by atoms with Crippen LogP contribution in [0, 0.1) is 17.3 Å². The smallest absolute Gasteiger partial charge is 0.207 e. The topological polar surface area (TPSA) is 18.5 Å². The van der Waals surface area contributed by atoms with Gasteiger partial charge in [-0.2, -0.15) is 0 Å². The van der Waals surface area contributed by atoms with Crippen molar-refractivity contribution in [2.45, 2.75) is 86.9 Å². The maximum Gasteiger partial charge on any atom is 0.207 e. The van der Waals surface area contributed by atoms with E-state index >= 15 is 0 Å². The molecule has 2 nitrogen and oxygen atoms in total. The molecule has 0 N–H and O–H groups in total. The van der Waals surface area contributed by atoms with Crippen molar-refractivity contribution in [2.24, 2.45) is 17.3 Å². The molecule has 25 heavy (non-hydrogen) atoms. The molecule has 2 unspecified atom stereocenters. The molecule has 0 saturated carbocycles. The van der Waals surface area contributed by atoms with Crippen molar-refractivity contribution in [2.75, 3.05) is 6.61 Å². The molecule has 0 heterocycles. The lowest BCUT2D eigenvalue weighted by Crippen LogP contribution is -2.37. The zero-order chi connectivity index (χ0) is 19.3. The second-order valence-electron chi connectivity index (χ2n) is 9.45. The van der Waals surface area contributed by atoms with Crippen LogP contribution in [0.25, 0.3) is 0 Å². The van der Waals surface area contributed by atoms with Gasteiger partial charge < -0.3 is 9.47 Å². The van der Waals surface area contributed by atoms with Gasteiger partial charge >= 0.3 is 0 Å². The fourth-order valence-corrected chi connectivity index (χ4v) is 3.61. The SMILES string of the molecule is CCOC(C)(CC(C)C)Oc1ccc(C(CC(C)(C)C)C(C)C)cc1. The highest BCUT2D eigenvalue weighted by molar-refractivity contribution is 5.30. The van der Waals surface area contributed by atoms with Crippen molar-refractivity contribution in [3.05, 3.63) is 29.8 Å². The zero-order valence-electron chi connectivity index (χ0n) is 18.0. The van der Waals surface area contributed by atoms with Crippen LogP contribution in [0.15, 0.2) is 24.3 Å². The highest BCUT2D eigenvalue weighted by atomic mass is 16.7. The molecule has 2 heteroatoms. The second-order valence-corrected chi connectivity index (χ2v) is 9.45. The van der Waals surface area contributed by atoms with Crippen LogP contribution in [-0.2, 0) is 4.74 Å². The van der Waals surface area contributed by atoms with Crippen LogP contribution in [-0.4, -0.2) is 12.4 Å². The van der Waals surface area contributed by atoms with Crippen molar-refractivity contribution in [3.8, 4) is 5.75 Å². The molecular formula is C23H40O2. The fourth-order valence-electron chi connectivity index (χ4n) is 3.61. The van der Waals surface area contributed by atoms with Gasteiger partial charge in [-0.05, 0) is 54.2 Å². The standard InChI is InChI=1S/C23H40O2/c1-10-24-23(9,15-17(2)3)25-20-13-11-19(12-14-20)21(18(4)5)16-22(6,7)8/h11-14,17-18,21H,10,15-16H2,1-9H3. The Bertz CT molecular complexity index is 496. The summed E-state index contributed by atoms with van der Waals surface area (Å²) in [5, 5.41) is 0. The van der Waals surface area contributed by atoms with Gasteiger partial charge in [-0.3, -0.25) is 0 Å². The molecule has 0 radical (unpaired) electrons. The number of rotatable bonds is 9. The number of hydrogen-bond acceptors (Lipinski definition) is 2. The Morgan fingerprint density at radius 2 is 1.44 bits per heavy atom. The van der Waals surface area contributed by atoms with E-state index in [-0.39, 0.29) is 0 Å². The first-order valence-electron chi connectivity index (χ1n) is 9.88. The predicted molar refractivity (Wildman–Crippen MR) is 108 cm³/mol. The van der Waals surface area contributed by atoms with E-state index in [2.05, 4.69) is 72.7 Å². The van der Waals surface area contributed by atoms with Gasteiger partial charge in [0.05, 0.1) is 0 Å². The van der Waals surface area contributed by atoms with E-state index in [1.807, 2.05) is 13.8 Å². The van der Waals surface area contributed by atoms with E-state index in [1.54, 1.807) is 0 Å². The minimum atomic E-state index is -0.562. The quantitative estimate of drug-likeness (QED) is 0.445. The van der Waals surface area contributed by atoms with Gasteiger partial charge in [0.25, 0.3) is 0 Å². The first-order valence-corrected chi connectivity index (χ1v) is 9.88. The summed E-state index contributed by atoms with van der Waals surface area (Å²) in [4.78, 5) is 0. The van der Waals surface area contributed by atoms with E-state index < -0.39 is 5.79 Å². The van der Waals surface area contributed by atoms with Crippen LogP contribution in [0.4, 0.5) is 0 Å². The lowest BCUT2D eigenvalue weighted by Gasteiger charge is -2.32. The van der Waals surface area contributed by atoms with Crippen LogP contribution < -0.4 is 4.74 Å². The van der Waals surface area contributed by atoms with Crippen molar-refractivity contribution in [3.63, 3.8) is 0 Å². The molecule has 144 valence electrons. The molecule has 0 bridgehead atoms. The number of ether oxygens (including phenoxy) is 2. The van der Waals surface area contributed by atoms with E-state index in [9.17, 15) is 0 Å². The Morgan fingerprint density at radius 3 is 1.84 bits per heavy atom. The summed E-state index contributed by atoms with van der Waals surface area (Å²) in [5.74, 6) is 2.04. The molecule has 1 rings (SSSR count). The minimum absolute atomic E-state index is 0.328. The zero-order valence-corrected chi connectivity index (χ0v) is 18.0. The minimum Gasteiger partial charge on any atom is -0.463 e. The highest BCUT2D eigenvalue weighted by Gasteiger charge is 2.28. The highest BCUT2D eigenvalue weighted by Crippen LogP contribution is 2.37. The summed E-state index contributed by atoms with van der Waals surface area (Å²) in [5.41, 5.74) is 1.73. The van der Waals surface area contributed by atoms with Gasteiger partial charge in [0.2, 0.25) is 5.79 Å². The molecule has 1 aromatic carbocycles. The number of benzene rings is 1. The van der Waals surface area contributed by atoms with Gasteiger partial charge in [-0.1, -0.05) is 60.6 Å². The molecule has 0 aromatic heterocycles. The molecule has 0 fully saturated rings. The average molecular weight is 349 g/mol. The Balaban J connectivity index is 2.93. The van der Waals surface area contributed by atoms with Crippen LogP contribution in [0.2, 0.25) is 0 Å². The van der Waals surface area contributed by atoms with Crippen molar-refractivity contribution in [1.29, 1.82) is 0 Å². The largest absolute Gasteiger partial charge is 0.463 e. The van der Waals surface area contributed by atoms with Gasteiger partial charge in [0.15, 0.2) is 0 Å². The summed E-state index contributed by atoms with van der Waals surface area (Å²) in [7, 11) is 0. The third-order valence-electron chi connectivity index (χ3n) is 4.51. The van der Waals surface area contributed by atoms with Crippen molar-refractivity contribution < 1.29 is 9.47 Å². The van der Waals surface area contributed by atoms with Gasteiger partial charge in [-0.25, -0.2) is 0 Å². The van der Waals surface area contributed by atoms with Gasteiger partial charge in [0, 0.05) is 20.0 Å². The summed E-state index contributed by atoms with van der Waals surface area (Å²) in [6, 6.07) is 8.66. The average Bonchev–Trinajstić information content (AvgIpc) is 2.43. The normalized spacial score (nSPS) is 16.1. The molecule has 0 aliphatic rings. The Kier molecular flexibility index (Phi) is 7.99. The second kappa shape index (κ2) is 9.07. The van der Waals surface area contributed by atoms with Crippen LogP contribution in [0.1, 0.15) is 86.6 Å². The summed E-state index contributed by atoms with van der Waals surface area (Å²) >= 11 is 0. The lowest BCUT2D eigenvalue weighted by molar-refractivity contribution is -0.176. The molecule has 0 amide bonds. The lowest BCUT2D eigenvalue weighted by atomic mass is 9.76. The van der Waals surface area contributed by atoms with E-state index in [1.165, 1.54) is 12.0 Å². The van der Waals surface area contributed by atoms with Crippen LogP contribution in [0.5, 0.6) is 5.75 Å². The van der Waals surface area contributed by atoms with Gasteiger partial charge in [0.1, 0.15) is 5.75 Å². The Labute approximate surface area is 156 Å². The van der Waals surface area contributed by atoms with Crippen LogP contribution in [0.3, 0.4) is 0 Å². The third-order valence-corrected chi connectivity index (χ3v) is 4.51. The molecular weight excluding hydrogens is 308 g/mol. The van der Waals surface area contributed by atoms with E-state index in [0.29, 0.717) is 29.8 Å². The molecule has 1 aromatic rings. The number of hydrogen-bond donors (Lipinski definition) is 0. The molecule has 0 aliphatic heterocycles. The molecule has 0 saturated heterocycles. The first kappa shape index (κ1) is 22.0. The predicted octanol–water partition coefficient (Wildman–Crippen LogP) is 7.04. The summed E-state index contributed by atoms with van der Waals surface area (Å²) in [6.45, 7) is 20.7. The Hall–Kier alpha value is -1.02. The first-order chi connectivity index (χ1) is 11.5. The fraction of sp³-hybridized carbons (Fsp3) is 0.739. The monoisotopic (exact) mass is 348 g/mol. The van der Waals surface area contributed by atoms with Crippen molar-refractivity contribution >= 4 is 0 Å². The van der Waals surface area contributed by atoms with Crippen LogP contribution >= 0.6 is 0 Å². The summed E-state index contributed by atoms with van der Waals surface area (Å²) in [6.07, 6.45) is 2.07. The maximum atomic E-state index is 6.23. The van der Waals surface area contributed by atoms with Gasteiger partial charge in [-0.15, -0.1) is 0 Å². The third kappa shape index (κ3) is 7.81. The molecule has 2 atom stereocenters. The summed E-state index contributed by atoms with van der Waals surface area (Å²) < 4.78 is 12.1. The van der Waals surface area contributed by atoms with E-state index in [4.69, 9.17) is 9.47 Å². The Morgan fingerprint density at radius 1 is 0.880 bits per heavy atom. The maximum absolute atomic E-state index is 6.23. The molecule has 0 aliphatic carbocycles. The van der Waals surface area contributed by atoms with Crippen molar-refractivity contribution in [1.82, 2.24) is 0 Å². The van der Waals surface area contributed by atoms with E-state index in [0.717, 1.165) is 12.2 Å².